The minimum atomic E-state index is -0.545. The van der Waals surface area contributed by atoms with Crippen molar-refractivity contribution in [2.75, 3.05) is 6.66 Å². The van der Waals surface area contributed by atoms with Gasteiger partial charge in [0, 0.05) is 15.9 Å². The molecule has 0 aliphatic heterocycles. The Kier molecular flexibility index (Phi) is 7.71. The molecule has 2 nitrogen and oxygen atoms in total. The average molecular weight is 338 g/mol. The number of carbonyl (C=O) groups excluding carboxylic acids is 1. The fraction of sp³-hybridized carbons (Fsp3) is 0.462. The zero-order valence-electron chi connectivity index (χ0n) is 11.0. The first kappa shape index (κ1) is 17.3. The van der Waals surface area contributed by atoms with Gasteiger partial charge in [0.2, 0.25) is 0 Å². The van der Waals surface area contributed by atoms with Gasteiger partial charge < -0.3 is 4.79 Å². The Morgan fingerprint density at radius 1 is 1.47 bits per heavy atom. The summed E-state index contributed by atoms with van der Waals surface area (Å²) in [6.45, 7) is 4.02. The molecule has 0 aromatic rings. The van der Waals surface area contributed by atoms with Gasteiger partial charge in [-0.05, 0) is 51.5 Å². The first-order valence-electron chi connectivity index (χ1n) is 6.02. The zero-order chi connectivity index (χ0) is 14.3. The van der Waals surface area contributed by atoms with Crippen molar-refractivity contribution in [3.05, 3.63) is 34.1 Å². The Morgan fingerprint density at radius 3 is 2.58 bits per heavy atom. The quantitative estimate of drug-likeness (QED) is 0.301. The van der Waals surface area contributed by atoms with Gasteiger partial charge >= 0.3 is 0 Å². The summed E-state index contributed by atoms with van der Waals surface area (Å²) in [5.74, 6) is 0. The normalized spacial score (nSPS) is 21.3. The van der Waals surface area contributed by atoms with Crippen LogP contribution in [0.3, 0.4) is 0 Å². The molecule has 1 aliphatic carbocycles. The third-order valence-electron chi connectivity index (χ3n) is 3.02. The highest BCUT2D eigenvalue weighted by Crippen LogP contribution is 2.56. The maximum Gasteiger partial charge on any atom is 0.140 e. The van der Waals surface area contributed by atoms with E-state index in [0.29, 0.717) is 0 Å². The Morgan fingerprint density at radius 2 is 2.16 bits per heavy atom. The lowest BCUT2D eigenvalue weighted by Gasteiger charge is -2.37. The van der Waals surface area contributed by atoms with Crippen LogP contribution in [-0.4, -0.2) is 18.5 Å². The van der Waals surface area contributed by atoms with Crippen LogP contribution in [0.5, 0.6) is 0 Å². The van der Waals surface area contributed by atoms with Gasteiger partial charge in [0.05, 0.1) is 5.54 Å². The van der Waals surface area contributed by atoms with Gasteiger partial charge in [0.25, 0.3) is 0 Å². The van der Waals surface area contributed by atoms with Gasteiger partial charge in [-0.2, -0.15) is 0 Å². The van der Waals surface area contributed by atoms with Gasteiger partial charge in [-0.15, -0.1) is 0 Å². The fourth-order valence-electron chi connectivity index (χ4n) is 1.62. The van der Waals surface area contributed by atoms with Crippen molar-refractivity contribution in [2.24, 2.45) is 0 Å². The van der Waals surface area contributed by atoms with E-state index in [-0.39, 0.29) is 5.54 Å². The summed E-state index contributed by atoms with van der Waals surface area (Å²) in [5, 5.41) is 1.78. The second-order valence-electron chi connectivity index (χ2n) is 4.33. The molecular formula is C13H18Cl2NOPS. The van der Waals surface area contributed by atoms with Crippen LogP contribution in [0.1, 0.15) is 26.2 Å². The second-order valence-corrected chi connectivity index (χ2v) is 9.04. The molecule has 0 amide bonds. The van der Waals surface area contributed by atoms with Crippen molar-refractivity contribution >= 4 is 48.2 Å². The van der Waals surface area contributed by atoms with Crippen molar-refractivity contribution in [1.82, 2.24) is 4.72 Å². The maximum absolute atomic E-state index is 11.1. The molecule has 0 spiro atoms. The van der Waals surface area contributed by atoms with Crippen molar-refractivity contribution in [3.63, 3.8) is 0 Å². The van der Waals surface area contributed by atoms with Crippen molar-refractivity contribution in [1.29, 1.82) is 0 Å². The van der Waals surface area contributed by atoms with E-state index in [9.17, 15) is 4.79 Å². The smallest absolute Gasteiger partial charge is 0.140 e. The van der Waals surface area contributed by atoms with E-state index in [0.717, 1.165) is 35.9 Å². The molecular weight excluding hydrogens is 320 g/mol. The standard InChI is InChI=1S/C13H18Cl2NOPS/c1-3-11(15)12(6-4-9-14)18(2)19-16-13(10-17)7-5-8-13/h3-4,6,9-10,16H,5,7-8H2,1-2H3/b9-4+,11-3+,12-6+. The Bertz CT molecular complexity index is 405. The summed E-state index contributed by atoms with van der Waals surface area (Å²) in [6, 6.07) is 0. The van der Waals surface area contributed by atoms with Crippen LogP contribution in [0, 0.1) is 0 Å². The largest absolute Gasteiger partial charge is 0.301 e. The molecule has 6 heteroatoms. The molecule has 19 heavy (non-hydrogen) atoms. The second kappa shape index (κ2) is 8.49. The van der Waals surface area contributed by atoms with Crippen LogP contribution in [0.2, 0.25) is 0 Å². The number of halogens is 2. The first-order chi connectivity index (χ1) is 9.08. The molecule has 1 aliphatic rings. The van der Waals surface area contributed by atoms with Gasteiger partial charge in [-0.25, -0.2) is 4.72 Å². The molecule has 0 aromatic heterocycles. The van der Waals surface area contributed by atoms with E-state index in [4.69, 9.17) is 23.2 Å². The van der Waals surface area contributed by atoms with Crippen molar-refractivity contribution < 1.29 is 4.79 Å². The van der Waals surface area contributed by atoms with Gasteiger partial charge in [-0.1, -0.05) is 41.4 Å². The van der Waals surface area contributed by atoms with Crippen LogP contribution in [0.15, 0.2) is 34.1 Å². The Balaban J connectivity index is 2.67. The minimum Gasteiger partial charge on any atom is -0.301 e. The van der Waals surface area contributed by atoms with E-state index in [1.165, 1.54) is 5.54 Å². The molecule has 1 saturated carbocycles. The van der Waals surface area contributed by atoms with Gasteiger partial charge in [-0.3, -0.25) is 0 Å². The highest BCUT2D eigenvalue weighted by molar-refractivity contribution is 8.55. The number of rotatable bonds is 7. The molecule has 1 rings (SSSR count). The maximum atomic E-state index is 11.1. The summed E-state index contributed by atoms with van der Waals surface area (Å²) in [7, 11) is -0.545. The van der Waals surface area contributed by atoms with E-state index >= 15 is 0 Å². The van der Waals surface area contributed by atoms with E-state index in [2.05, 4.69) is 11.4 Å². The highest BCUT2D eigenvalue weighted by Gasteiger charge is 2.37. The van der Waals surface area contributed by atoms with Crippen LogP contribution in [0.25, 0.3) is 0 Å². The van der Waals surface area contributed by atoms with Crippen molar-refractivity contribution in [3.8, 4) is 0 Å². The molecule has 1 unspecified atom stereocenters. The average Bonchev–Trinajstić information content (AvgIpc) is 2.38. The SMILES string of the molecule is C\C=C(Cl)/C(=C\C=C\Cl)P(C)SNC1(C=O)CCC1. The Labute approximate surface area is 130 Å². The summed E-state index contributed by atoms with van der Waals surface area (Å²) < 4.78 is 3.31. The molecule has 0 aromatic carbocycles. The molecule has 0 saturated heterocycles. The predicted octanol–water partition coefficient (Wildman–Crippen LogP) is 5.15. The lowest BCUT2D eigenvalue weighted by Crippen LogP contribution is -2.48. The summed E-state index contributed by atoms with van der Waals surface area (Å²) in [4.78, 5) is 11.1. The fourth-order valence-corrected chi connectivity index (χ4v) is 5.41. The molecule has 1 atom stereocenters. The number of nitrogens with one attached hydrogen (secondary N) is 1. The monoisotopic (exact) mass is 337 g/mol. The van der Waals surface area contributed by atoms with Crippen LogP contribution < -0.4 is 4.72 Å². The van der Waals surface area contributed by atoms with E-state index in [1.807, 2.05) is 19.1 Å². The van der Waals surface area contributed by atoms with E-state index < -0.39 is 7.12 Å². The first-order valence-corrected chi connectivity index (χ1v) is 10.0. The van der Waals surface area contributed by atoms with Crippen molar-refractivity contribution in [2.45, 2.75) is 31.7 Å². The summed E-state index contributed by atoms with van der Waals surface area (Å²) in [6.07, 6.45) is 9.54. The van der Waals surface area contributed by atoms with Gasteiger partial charge in [0.1, 0.15) is 6.29 Å². The number of aldehydes is 1. The molecule has 1 fully saturated rings. The number of carbonyl (C=O) groups is 1. The number of hydrogen-bond acceptors (Lipinski definition) is 3. The van der Waals surface area contributed by atoms with Gasteiger partial charge in [0.15, 0.2) is 0 Å². The lowest BCUT2D eigenvalue weighted by molar-refractivity contribution is -0.115. The molecule has 106 valence electrons. The topological polar surface area (TPSA) is 29.1 Å². The molecule has 0 heterocycles. The number of allylic oxidation sites excluding steroid dienone is 5. The van der Waals surface area contributed by atoms with Crippen LogP contribution >= 0.6 is 41.9 Å². The zero-order valence-corrected chi connectivity index (χ0v) is 14.3. The highest BCUT2D eigenvalue weighted by atomic mass is 35.5. The molecule has 1 N–H and O–H groups in total. The van der Waals surface area contributed by atoms with E-state index in [1.54, 1.807) is 17.6 Å². The number of hydrogen-bond donors (Lipinski definition) is 1. The van der Waals surface area contributed by atoms with Crippen LogP contribution in [-0.2, 0) is 4.79 Å². The summed E-state index contributed by atoms with van der Waals surface area (Å²) in [5.41, 5.74) is 1.14. The minimum absolute atomic E-state index is 0.322. The van der Waals surface area contributed by atoms with Crippen LogP contribution in [0.4, 0.5) is 0 Å². The third kappa shape index (κ3) is 4.91. The lowest BCUT2D eigenvalue weighted by atomic mass is 9.79. The summed E-state index contributed by atoms with van der Waals surface area (Å²) >= 11 is 13.4. The molecule has 0 bridgehead atoms. The Hall–Kier alpha value is 0.210. The molecule has 0 radical (unpaired) electrons. The third-order valence-corrected chi connectivity index (χ3v) is 7.25. The predicted molar refractivity (Wildman–Crippen MR) is 88.9 cm³/mol.